The summed E-state index contributed by atoms with van der Waals surface area (Å²) in [4.78, 5) is 27.6. The molecule has 0 unspecified atom stereocenters. The predicted octanol–water partition coefficient (Wildman–Crippen LogP) is 2.79. The molecule has 0 radical (unpaired) electrons. The first-order valence-corrected chi connectivity index (χ1v) is 9.51. The van der Waals surface area contributed by atoms with Crippen molar-refractivity contribution in [2.45, 2.75) is 46.1 Å². The molecule has 0 saturated carbocycles. The van der Waals surface area contributed by atoms with Gasteiger partial charge in [-0.2, -0.15) is 0 Å². The zero-order chi connectivity index (χ0) is 19.1. The highest BCUT2D eigenvalue weighted by Crippen LogP contribution is 2.21. The lowest BCUT2D eigenvalue weighted by atomic mass is 10.0. The molecule has 0 spiro atoms. The quantitative estimate of drug-likeness (QED) is 0.705. The van der Waals surface area contributed by atoms with Crippen LogP contribution in [0.25, 0.3) is 0 Å². The van der Waals surface area contributed by atoms with E-state index in [1.807, 2.05) is 30.9 Å². The number of carboxylic acid groups (broad SMARTS) is 1. The fourth-order valence-electron chi connectivity index (χ4n) is 3.70. The molecule has 1 amide bonds. The Labute approximate surface area is 168 Å². The van der Waals surface area contributed by atoms with E-state index in [0.717, 1.165) is 55.7 Å². The molecule has 6 nitrogen and oxygen atoms in total. The van der Waals surface area contributed by atoms with Crippen molar-refractivity contribution >= 4 is 30.0 Å². The molecular formula is C20H32ClN3O3. The molecule has 2 rings (SSSR count). The first-order chi connectivity index (χ1) is 12.4. The zero-order valence-electron chi connectivity index (χ0n) is 16.5. The third kappa shape index (κ3) is 6.79. The lowest BCUT2D eigenvalue weighted by Crippen LogP contribution is -2.48. The second kappa shape index (κ2) is 11.3. The normalized spacial score (nSPS) is 15.4. The van der Waals surface area contributed by atoms with E-state index in [-0.39, 0.29) is 24.9 Å². The summed E-state index contributed by atoms with van der Waals surface area (Å²) in [6, 6.07) is 6.38. The van der Waals surface area contributed by atoms with E-state index in [9.17, 15) is 9.59 Å². The van der Waals surface area contributed by atoms with Crippen LogP contribution in [-0.2, 0) is 16.0 Å². The minimum Gasteiger partial charge on any atom is -0.480 e. The number of carbonyl (C=O) groups excluding carboxylic acids is 1. The van der Waals surface area contributed by atoms with E-state index in [2.05, 4.69) is 23.2 Å². The van der Waals surface area contributed by atoms with Crippen molar-refractivity contribution in [1.82, 2.24) is 9.80 Å². The Morgan fingerprint density at radius 3 is 2.48 bits per heavy atom. The number of carboxylic acids is 1. The van der Waals surface area contributed by atoms with E-state index >= 15 is 0 Å². The number of rotatable bonds is 8. The Morgan fingerprint density at radius 2 is 1.93 bits per heavy atom. The fourth-order valence-corrected chi connectivity index (χ4v) is 3.70. The molecule has 1 aromatic rings. The van der Waals surface area contributed by atoms with Gasteiger partial charge < -0.3 is 10.4 Å². The van der Waals surface area contributed by atoms with Crippen molar-refractivity contribution in [2.24, 2.45) is 0 Å². The Morgan fingerprint density at radius 1 is 1.26 bits per heavy atom. The molecule has 7 heteroatoms. The molecule has 1 aromatic carbocycles. The topological polar surface area (TPSA) is 72.9 Å². The van der Waals surface area contributed by atoms with Gasteiger partial charge in [0.25, 0.3) is 0 Å². The van der Waals surface area contributed by atoms with Gasteiger partial charge in [-0.3, -0.25) is 19.4 Å². The number of para-hydroxylation sites is 1. The summed E-state index contributed by atoms with van der Waals surface area (Å²) < 4.78 is 0. The summed E-state index contributed by atoms with van der Waals surface area (Å²) in [5.41, 5.74) is 3.18. The van der Waals surface area contributed by atoms with Gasteiger partial charge in [0.05, 0.1) is 13.1 Å². The summed E-state index contributed by atoms with van der Waals surface area (Å²) in [6.45, 7) is 8.96. The number of nitrogens with one attached hydrogen (secondary N) is 1. The van der Waals surface area contributed by atoms with E-state index in [0.29, 0.717) is 12.6 Å². The summed E-state index contributed by atoms with van der Waals surface area (Å²) in [5, 5.41) is 12.1. The number of carbonyl (C=O) groups is 2. The highest BCUT2D eigenvalue weighted by molar-refractivity contribution is 5.93. The smallest absolute Gasteiger partial charge is 0.317 e. The molecule has 1 aliphatic heterocycles. The van der Waals surface area contributed by atoms with Crippen LogP contribution in [0.2, 0.25) is 0 Å². The first-order valence-electron chi connectivity index (χ1n) is 9.51. The van der Waals surface area contributed by atoms with Gasteiger partial charge in [-0.1, -0.05) is 32.0 Å². The molecular weight excluding hydrogens is 366 g/mol. The van der Waals surface area contributed by atoms with Crippen LogP contribution in [0.5, 0.6) is 0 Å². The van der Waals surface area contributed by atoms with Crippen LogP contribution in [0, 0.1) is 6.92 Å². The number of likely N-dealkylation sites (N-methyl/N-ethyl adjacent to an activating group) is 1. The minimum absolute atomic E-state index is 0. The Hall–Kier alpha value is -1.63. The van der Waals surface area contributed by atoms with Crippen LogP contribution in [0.3, 0.4) is 0 Å². The van der Waals surface area contributed by atoms with Gasteiger partial charge in [-0.05, 0) is 43.9 Å². The maximum atomic E-state index is 12.5. The van der Waals surface area contributed by atoms with Gasteiger partial charge in [0.2, 0.25) is 5.91 Å². The summed E-state index contributed by atoms with van der Waals surface area (Å²) in [7, 11) is 0. The molecule has 1 fully saturated rings. The largest absolute Gasteiger partial charge is 0.480 e. The molecule has 1 aliphatic rings. The lowest BCUT2D eigenvalue weighted by Gasteiger charge is -2.37. The van der Waals surface area contributed by atoms with E-state index < -0.39 is 5.97 Å². The van der Waals surface area contributed by atoms with Gasteiger partial charge in [-0.15, -0.1) is 12.4 Å². The van der Waals surface area contributed by atoms with Gasteiger partial charge in [-0.25, -0.2) is 0 Å². The maximum absolute atomic E-state index is 12.5. The molecule has 0 bridgehead atoms. The van der Waals surface area contributed by atoms with Crippen LogP contribution in [0.4, 0.5) is 5.69 Å². The summed E-state index contributed by atoms with van der Waals surface area (Å²) >= 11 is 0. The van der Waals surface area contributed by atoms with Gasteiger partial charge in [0.1, 0.15) is 0 Å². The molecule has 1 saturated heterocycles. The molecule has 1 heterocycles. The number of benzene rings is 1. The molecule has 0 aliphatic carbocycles. The van der Waals surface area contributed by atoms with Crippen molar-refractivity contribution in [2.75, 3.05) is 38.0 Å². The lowest BCUT2D eigenvalue weighted by molar-refractivity contribution is -0.139. The van der Waals surface area contributed by atoms with E-state index in [4.69, 9.17) is 5.11 Å². The fraction of sp³-hybridized carbons (Fsp3) is 0.600. The van der Waals surface area contributed by atoms with Crippen LogP contribution in [0.15, 0.2) is 18.2 Å². The SMILES string of the molecule is CCc1cccc(C)c1NC(=O)CN1CCC(N(CC)CC(=O)O)CC1.Cl. The van der Waals surface area contributed by atoms with Gasteiger partial charge >= 0.3 is 5.97 Å². The number of anilines is 1. The second-order valence-corrected chi connectivity index (χ2v) is 6.97. The number of aryl methyl sites for hydroxylation is 2. The van der Waals surface area contributed by atoms with Crippen LogP contribution < -0.4 is 5.32 Å². The van der Waals surface area contributed by atoms with Gasteiger partial charge in [0.15, 0.2) is 0 Å². The molecule has 2 N–H and O–H groups in total. The predicted molar refractivity (Wildman–Crippen MR) is 111 cm³/mol. The summed E-state index contributed by atoms with van der Waals surface area (Å²) in [5.74, 6) is -0.760. The molecule has 27 heavy (non-hydrogen) atoms. The number of aliphatic carboxylic acids is 1. The van der Waals surface area contributed by atoms with Crippen molar-refractivity contribution in [1.29, 1.82) is 0 Å². The maximum Gasteiger partial charge on any atom is 0.317 e. The van der Waals surface area contributed by atoms with Crippen molar-refractivity contribution in [3.05, 3.63) is 29.3 Å². The van der Waals surface area contributed by atoms with Crippen LogP contribution in [0.1, 0.15) is 37.8 Å². The van der Waals surface area contributed by atoms with Gasteiger partial charge in [0, 0.05) is 24.8 Å². The van der Waals surface area contributed by atoms with E-state index in [1.54, 1.807) is 0 Å². The molecule has 0 atom stereocenters. The summed E-state index contributed by atoms with van der Waals surface area (Å²) in [6.07, 6.45) is 2.69. The zero-order valence-corrected chi connectivity index (χ0v) is 17.3. The van der Waals surface area contributed by atoms with Crippen LogP contribution >= 0.6 is 12.4 Å². The highest BCUT2D eigenvalue weighted by atomic mass is 35.5. The third-order valence-electron chi connectivity index (χ3n) is 5.19. The number of piperidine rings is 1. The number of hydrogen-bond acceptors (Lipinski definition) is 4. The highest BCUT2D eigenvalue weighted by Gasteiger charge is 2.26. The number of likely N-dealkylation sites (tertiary alicyclic amines) is 1. The van der Waals surface area contributed by atoms with E-state index in [1.165, 1.54) is 0 Å². The average molecular weight is 398 g/mol. The standard InChI is InChI=1S/C20H31N3O3.ClH/c1-4-16-8-6-7-15(3)20(16)21-18(24)13-22-11-9-17(10-12-22)23(5-2)14-19(25)26;/h6-8,17H,4-5,9-14H2,1-3H3,(H,21,24)(H,25,26);1H. The number of hydrogen-bond donors (Lipinski definition) is 2. The Kier molecular flexibility index (Phi) is 9.77. The number of halogens is 1. The Bertz CT molecular complexity index is 631. The number of amides is 1. The van der Waals surface area contributed by atoms with Crippen molar-refractivity contribution in [3.8, 4) is 0 Å². The minimum atomic E-state index is -0.779. The molecule has 152 valence electrons. The van der Waals surface area contributed by atoms with Crippen molar-refractivity contribution in [3.63, 3.8) is 0 Å². The first kappa shape index (κ1) is 23.4. The monoisotopic (exact) mass is 397 g/mol. The Balaban J connectivity index is 0.00000364. The third-order valence-corrected chi connectivity index (χ3v) is 5.19. The molecule has 0 aromatic heterocycles. The van der Waals surface area contributed by atoms with Crippen molar-refractivity contribution < 1.29 is 14.7 Å². The van der Waals surface area contributed by atoms with Crippen LogP contribution in [-0.4, -0.2) is 65.5 Å². The average Bonchev–Trinajstić information content (AvgIpc) is 2.62. The number of nitrogens with zero attached hydrogens (tertiary/aromatic N) is 2. The second-order valence-electron chi connectivity index (χ2n) is 6.97.